The molecule has 1 N–H and O–H groups in total. The first-order chi connectivity index (χ1) is 5.37. The second-order valence-electron chi connectivity index (χ2n) is 5.50. The average molecular weight is 166 g/mol. The van der Waals surface area contributed by atoms with Crippen LogP contribution in [0, 0.1) is 22.7 Å². The lowest BCUT2D eigenvalue weighted by Gasteiger charge is -2.30. The molecule has 1 heteroatoms. The minimum Gasteiger partial charge on any atom is -0.392 e. The molecule has 1 saturated carbocycles. The zero-order valence-electron chi connectivity index (χ0n) is 8.33. The van der Waals surface area contributed by atoms with Gasteiger partial charge in [0.25, 0.3) is 0 Å². The minimum absolute atomic E-state index is 0.0189. The van der Waals surface area contributed by atoms with Crippen molar-refractivity contribution in [3.05, 3.63) is 12.2 Å². The molecule has 0 radical (unpaired) electrons. The highest BCUT2D eigenvalue weighted by atomic mass is 16.3. The number of hydrogen-bond acceptors (Lipinski definition) is 1. The van der Waals surface area contributed by atoms with Crippen LogP contribution >= 0.6 is 0 Å². The first-order valence-corrected chi connectivity index (χ1v) is 4.75. The number of fused-ring (bicyclic) bond motifs is 1. The number of aliphatic hydroxyl groups is 1. The van der Waals surface area contributed by atoms with Gasteiger partial charge in [-0.25, -0.2) is 0 Å². The van der Waals surface area contributed by atoms with Crippen molar-refractivity contribution in [2.45, 2.75) is 33.8 Å². The Morgan fingerprint density at radius 2 is 1.75 bits per heavy atom. The van der Waals surface area contributed by atoms with Crippen molar-refractivity contribution in [2.24, 2.45) is 22.7 Å². The Balaban J connectivity index is 2.29. The lowest BCUT2D eigenvalue weighted by molar-refractivity contribution is 0.0455. The van der Waals surface area contributed by atoms with Gasteiger partial charge in [0.15, 0.2) is 0 Å². The first kappa shape index (κ1) is 8.31. The summed E-state index contributed by atoms with van der Waals surface area (Å²) in [5.41, 5.74) is 0.318. The number of allylic oxidation sites excluding steroid dienone is 1. The summed E-state index contributed by atoms with van der Waals surface area (Å²) in [5, 5.41) is 10.0. The van der Waals surface area contributed by atoms with Crippen LogP contribution in [-0.4, -0.2) is 11.2 Å². The molecular weight excluding hydrogens is 148 g/mol. The van der Waals surface area contributed by atoms with Gasteiger partial charge in [0.1, 0.15) is 0 Å². The predicted molar refractivity (Wildman–Crippen MR) is 49.7 cm³/mol. The smallest absolute Gasteiger partial charge is 0.0664 e. The number of hydrogen-bond donors (Lipinski definition) is 1. The van der Waals surface area contributed by atoms with Crippen molar-refractivity contribution in [1.29, 1.82) is 0 Å². The van der Waals surface area contributed by atoms with E-state index in [0.29, 0.717) is 17.3 Å². The molecule has 1 fully saturated rings. The normalized spacial score (nSPS) is 46.9. The monoisotopic (exact) mass is 166 g/mol. The van der Waals surface area contributed by atoms with Crippen LogP contribution in [0.1, 0.15) is 27.7 Å². The Bertz CT molecular complexity index is 237. The van der Waals surface area contributed by atoms with Gasteiger partial charge in [0.05, 0.1) is 6.10 Å². The fraction of sp³-hybridized carbons (Fsp3) is 0.818. The second kappa shape index (κ2) is 1.95. The maximum absolute atomic E-state index is 10.0. The minimum atomic E-state index is -0.150. The van der Waals surface area contributed by atoms with Crippen LogP contribution in [0.25, 0.3) is 0 Å². The number of rotatable bonds is 0. The highest BCUT2D eigenvalue weighted by Crippen LogP contribution is 2.65. The van der Waals surface area contributed by atoms with Crippen molar-refractivity contribution in [3.8, 4) is 0 Å². The summed E-state index contributed by atoms with van der Waals surface area (Å²) in [6.45, 7) is 8.71. The summed E-state index contributed by atoms with van der Waals surface area (Å²) in [4.78, 5) is 0. The molecule has 0 aromatic heterocycles. The van der Waals surface area contributed by atoms with E-state index in [1.165, 1.54) is 0 Å². The SMILES string of the molecule is CC1(C)C=CC2C(C1O)C2(C)C. The standard InChI is InChI=1S/C11H18O/c1-10(2)6-5-7-8(9(10)12)11(7,3)4/h5-9,12H,1-4H3. The fourth-order valence-electron chi connectivity index (χ4n) is 2.60. The van der Waals surface area contributed by atoms with Crippen LogP contribution in [-0.2, 0) is 0 Å². The summed E-state index contributed by atoms with van der Waals surface area (Å²) in [7, 11) is 0. The molecule has 1 nitrogen and oxygen atoms in total. The molecule has 0 saturated heterocycles. The third-order valence-electron chi connectivity index (χ3n) is 3.83. The van der Waals surface area contributed by atoms with Gasteiger partial charge < -0.3 is 5.11 Å². The van der Waals surface area contributed by atoms with Crippen LogP contribution in [0.4, 0.5) is 0 Å². The molecule has 12 heavy (non-hydrogen) atoms. The van der Waals surface area contributed by atoms with E-state index in [-0.39, 0.29) is 11.5 Å². The van der Waals surface area contributed by atoms with Crippen LogP contribution in [0.3, 0.4) is 0 Å². The molecule has 0 aliphatic heterocycles. The van der Waals surface area contributed by atoms with E-state index in [9.17, 15) is 5.11 Å². The van der Waals surface area contributed by atoms with Crippen LogP contribution in [0.2, 0.25) is 0 Å². The zero-order chi connectivity index (χ0) is 9.15. The summed E-state index contributed by atoms with van der Waals surface area (Å²) < 4.78 is 0. The molecule has 3 unspecified atom stereocenters. The maximum atomic E-state index is 10.0. The number of aliphatic hydroxyl groups excluding tert-OH is 1. The Morgan fingerprint density at radius 1 is 1.17 bits per heavy atom. The van der Waals surface area contributed by atoms with Gasteiger partial charge >= 0.3 is 0 Å². The summed E-state index contributed by atoms with van der Waals surface area (Å²) in [5.74, 6) is 1.12. The first-order valence-electron chi connectivity index (χ1n) is 4.75. The highest BCUT2D eigenvalue weighted by molar-refractivity contribution is 5.25. The third-order valence-corrected chi connectivity index (χ3v) is 3.83. The van der Waals surface area contributed by atoms with Gasteiger partial charge in [-0.05, 0) is 17.3 Å². The molecular formula is C11H18O. The third kappa shape index (κ3) is 0.832. The van der Waals surface area contributed by atoms with Crippen LogP contribution < -0.4 is 0 Å². The molecule has 0 amide bonds. The maximum Gasteiger partial charge on any atom is 0.0664 e. The van der Waals surface area contributed by atoms with E-state index in [2.05, 4.69) is 39.8 Å². The van der Waals surface area contributed by atoms with Crippen LogP contribution in [0.5, 0.6) is 0 Å². The van der Waals surface area contributed by atoms with E-state index in [0.717, 1.165) is 0 Å². The highest BCUT2D eigenvalue weighted by Gasteiger charge is 2.63. The quantitative estimate of drug-likeness (QED) is 0.547. The van der Waals surface area contributed by atoms with Gasteiger partial charge in [-0.1, -0.05) is 39.8 Å². The molecule has 2 aliphatic carbocycles. The Labute approximate surface area is 74.5 Å². The molecule has 2 aliphatic rings. The summed E-state index contributed by atoms with van der Waals surface area (Å²) >= 11 is 0. The Hall–Kier alpha value is -0.300. The van der Waals surface area contributed by atoms with Gasteiger partial charge in [0.2, 0.25) is 0 Å². The lowest BCUT2D eigenvalue weighted by atomic mass is 9.79. The van der Waals surface area contributed by atoms with Gasteiger partial charge in [-0.3, -0.25) is 0 Å². The van der Waals surface area contributed by atoms with Gasteiger partial charge in [0, 0.05) is 5.41 Å². The molecule has 0 heterocycles. The van der Waals surface area contributed by atoms with Crippen molar-refractivity contribution in [3.63, 3.8) is 0 Å². The van der Waals surface area contributed by atoms with E-state index in [1.807, 2.05) is 0 Å². The van der Waals surface area contributed by atoms with Gasteiger partial charge in [-0.2, -0.15) is 0 Å². The van der Waals surface area contributed by atoms with Crippen molar-refractivity contribution in [1.82, 2.24) is 0 Å². The molecule has 0 aromatic carbocycles. The molecule has 0 aromatic rings. The van der Waals surface area contributed by atoms with Crippen molar-refractivity contribution < 1.29 is 5.11 Å². The van der Waals surface area contributed by atoms with E-state index >= 15 is 0 Å². The lowest BCUT2D eigenvalue weighted by Crippen LogP contribution is -2.32. The molecule has 3 atom stereocenters. The molecule has 68 valence electrons. The second-order valence-corrected chi connectivity index (χ2v) is 5.50. The Morgan fingerprint density at radius 3 is 2.25 bits per heavy atom. The Kier molecular flexibility index (Phi) is 1.35. The van der Waals surface area contributed by atoms with E-state index < -0.39 is 0 Å². The van der Waals surface area contributed by atoms with Crippen molar-refractivity contribution >= 4 is 0 Å². The molecule has 0 spiro atoms. The molecule has 2 rings (SSSR count). The fourth-order valence-corrected chi connectivity index (χ4v) is 2.60. The predicted octanol–water partition coefficient (Wildman–Crippen LogP) is 2.22. The topological polar surface area (TPSA) is 20.2 Å². The van der Waals surface area contributed by atoms with E-state index in [1.54, 1.807) is 0 Å². The summed E-state index contributed by atoms with van der Waals surface area (Å²) in [6.07, 6.45) is 4.31. The zero-order valence-corrected chi connectivity index (χ0v) is 8.33. The summed E-state index contributed by atoms with van der Waals surface area (Å²) in [6, 6.07) is 0. The average Bonchev–Trinajstić information content (AvgIpc) is 2.46. The van der Waals surface area contributed by atoms with E-state index in [4.69, 9.17) is 0 Å². The molecule has 0 bridgehead atoms. The van der Waals surface area contributed by atoms with Crippen LogP contribution in [0.15, 0.2) is 12.2 Å². The van der Waals surface area contributed by atoms with Gasteiger partial charge in [-0.15, -0.1) is 0 Å². The van der Waals surface area contributed by atoms with Crippen molar-refractivity contribution in [2.75, 3.05) is 0 Å². The largest absolute Gasteiger partial charge is 0.392 e.